The van der Waals surface area contributed by atoms with Crippen LogP contribution in [0, 0.1) is 0 Å². The van der Waals surface area contributed by atoms with Crippen LogP contribution >= 0.6 is 27.3 Å². The van der Waals surface area contributed by atoms with Gasteiger partial charge in [-0.05, 0) is 22.0 Å². The minimum atomic E-state index is 0.605. The minimum Gasteiger partial charge on any atom is -0.481 e. The first-order valence-corrected chi connectivity index (χ1v) is 5.59. The van der Waals surface area contributed by atoms with Crippen molar-refractivity contribution in [1.82, 2.24) is 9.97 Å². The number of hydrogen-bond acceptors (Lipinski definition) is 4. The first-order chi connectivity index (χ1) is 6.79. The van der Waals surface area contributed by atoms with Crippen molar-refractivity contribution in [3.05, 3.63) is 28.2 Å². The second kappa shape index (κ2) is 4.06. The van der Waals surface area contributed by atoms with Crippen molar-refractivity contribution in [2.24, 2.45) is 0 Å². The van der Waals surface area contributed by atoms with Crippen molar-refractivity contribution in [2.75, 3.05) is 7.11 Å². The Morgan fingerprint density at radius 3 is 2.86 bits per heavy atom. The summed E-state index contributed by atoms with van der Waals surface area (Å²) in [6.07, 6.45) is 0. The van der Waals surface area contributed by atoms with E-state index in [1.54, 1.807) is 18.4 Å². The van der Waals surface area contributed by atoms with Crippen molar-refractivity contribution in [3.8, 4) is 16.6 Å². The van der Waals surface area contributed by atoms with Crippen LogP contribution in [0.2, 0.25) is 0 Å². The van der Waals surface area contributed by atoms with Gasteiger partial charge in [0, 0.05) is 11.4 Å². The molecule has 0 fully saturated rings. The number of halogens is 1. The van der Waals surface area contributed by atoms with Crippen LogP contribution in [-0.2, 0) is 0 Å². The van der Waals surface area contributed by atoms with Gasteiger partial charge >= 0.3 is 0 Å². The molecule has 5 heteroatoms. The zero-order valence-electron chi connectivity index (χ0n) is 7.40. The summed E-state index contributed by atoms with van der Waals surface area (Å²) < 4.78 is 5.87. The van der Waals surface area contributed by atoms with Gasteiger partial charge in [-0.1, -0.05) is 6.07 Å². The highest BCUT2D eigenvalue weighted by atomic mass is 79.9. The molecule has 2 rings (SSSR count). The van der Waals surface area contributed by atoms with E-state index in [0.717, 1.165) is 15.3 Å². The number of thiazole rings is 1. The molecule has 0 saturated heterocycles. The smallest absolute Gasteiger partial charge is 0.213 e. The van der Waals surface area contributed by atoms with Gasteiger partial charge in [0.2, 0.25) is 5.88 Å². The predicted octanol–water partition coefficient (Wildman–Crippen LogP) is 2.98. The summed E-state index contributed by atoms with van der Waals surface area (Å²) in [7, 11) is 1.60. The minimum absolute atomic E-state index is 0.605. The predicted molar refractivity (Wildman–Crippen MR) is 59.6 cm³/mol. The van der Waals surface area contributed by atoms with E-state index in [9.17, 15) is 0 Å². The molecule has 0 spiro atoms. The normalized spacial score (nSPS) is 10.1. The molecule has 0 N–H and O–H groups in total. The number of aromatic nitrogens is 2. The van der Waals surface area contributed by atoms with Gasteiger partial charge in [-0.2, -0.15) is 0 Å². The fourth-order valence-electron chi connectivity index (χ4n) is 1.02. The van der Waals surface area contributed by atoms with Gasteiger partial charge in [0.05, 0.1) is 7.11 Å². The van der Waals surface area contributed by atoms with E-state index in [1.165, 1.54) is 0 Å². The Balaban J connectivity index is 2.41. The zero-order valence-corrected chi connectivity index (χ0v) is 9.80. The van der Waals surface area contributed by atoms with Crippen LogP contribution in [0.1, 0.15) is 0 Å². The molecule has 3 nitrogen and oxygen atoms in total. The molecule has 0 radical (unpaired) electrons. The molecule has 2 aromatic heterocycles. The van der Waals surface area contributed by atoms with E-state index >= 15 is 0 Å². The summed E-state index contributed by atoms with van der Waals surface area (Å²) in [5.74, 6) is 0.605. The summed E-state index contributed by atoms with van der Waals surface area (Å²) in [5, 5.41) is 2.81. The van der Waals surface area contributed by atoms with Gasteiger partial charge in [0.1, 0.15) is 15.3 Å². The zero-order chi connectivity index (χ0) is 9.97. The monoisotopic (exact) mass is 270 g/mol. The molecule has 0 aliphatic heterocycles. The number of ether oxygens (including phenoxy) is 1. The van der Waals surface area contributed by atoms with Crippen molar-refractivity contribution in [1.29, 1.82) is 0 Å². The summed E-state index contributed by atoms with van der Waals surface area (Å²) in [6, 6.07) is 5.62. The SMILES string of the molecule is COc1cccc(-c2nc(Br)cs2)n1. The fourth-order valence-corrected chi connectivity index (χ4v) is 2.24. The Hall–Kier alpha value is -0.940. The average molecular weight is 271 g/mol. The number of rotatable bonds is 2. The summed E-state index contributed by atoms with van der Waals surface area (Å²) >= 11 is 4.85. The molecule has 0 bridgehead atoms. The first kappa shape index (κ1) is 9.61. The van der Waals surface area contributed by atoms with Crippen molar-refractivity contribution in [2.45, 2.75) is 0 Å². The van der Waals surface area contributed by atoms with Gasteiger partial charge in [-0.25, -0.2) is 9.97 Å². The van der Waals surface area contributed by atoms with Gasteiger partial charge in [0.25, 0.3) is 0 Å². The number of nitrogens with zero attached hydrogens (tertiary/aromatic N) is 2. The number of methoxy groups -OCH3 is 1. The lowest BCUT2D eigenvalue weighted by molar-refractivity contribution is 0.398. The van der Waals surface area contributed by atoms with E-state index in [-0.39, 0.29) is 0 Å². The number of pyridine rings is 1. The van der Waals surface area contributed by atoms with Crippen LogP contribution in [0.25, 0.3) is 10.7 Å². The Morgan fingerprint density at radius 2 is 2.21 bits per heavy atom. The van der Waals surface area contributed by atoms with Crippen LogP contribution < -0.4 is 4.74 Å². The second-order valence-electron chi connectivity index (χ2n) is 2.54. The summed E-state index contributed by atoms with van der Waals surface area (Å²) in [4.78, 5) is 8.55. The summed E-state index contributed by atoms with van der Waals surface area (Å²) in [6.45, 7) is 0. The fraction of sp³-hybridized carbons (Fsp3) is 0.111. The van der Waals surface area contributed by atoms with Crippen molar-refractivity contribution in [3.63, 3.8) is 0 Å². The summed E-state index contributed by atoms with van der Waals surface area (Å²) in [5.41, 5.74) is 0.833. The highest BCUT2D eigenvalue weighted by Gasteiger charge is 2.05. The third kappa shape index (κ3) is 1.93. The van der Waals surface area contributed by atoms with E-state index in [2.05, 4.69) is 25.9 Å². The highest BCUT2D eigenvalue weighted by Crippen LogP contribution is 2.25. The van der Waals surface area contributed by atoms with Crippen molar-refractivity contribution < 1.29 is 4.74 Å². The quantitative estimate of drug-likeness (QED) is 0.842. The second-order valence-corrected chi connectivity index (χ2v) is 4.21. The van der Waals surface area contributed by atoms with Crippen LogP contribution in [-0.4, -0.2) is 17.1 Å². The maximum Gasteiger partial charge on any atom is 0.213 e. The van der Waals surface area contributed by atoms with E-state index in [0.29, 0.717) is 5.88 Å². The van der Waals surface area contributed by atoms with Crippen molar-refractivity contribution >= 4 is 27.3 Å². The van der Waals surface area contributed by atoms with Crippen LogP contribution in [0.15, 0.2) is 28.2 Å². The molecule has 0 saturated carbocycles. The molecule has 0 aliphatic carbocycles. The maximum atomic E-state index is 5.04. The average Bonchev–Trinajstić information content (AvgIpc) is 2.65. The largest absolute Gasteiger partial charge is 0.481 e. The molecule has 0 atom stereocenters. The Kier molecular flexibility index (Phi) is 2.79. The van der Waals surface area contributed by atoms with E-state index in [1.807, 2.05) is 23.6 Å². The first-order valence-electron chi connectivity index (χ1n) is 3.92. The van der Waals surface area contributed by atoms with Gasteiger partial charge in [0.15, 0.2) is 0 Å². The molecular formula is C9H7BrN2OS. The lowest BCUT2D eigenvalue weighted by Gasteiger charge is -1.99. The highest BCUT2D eigenvalue weighted by molar-refractivity contribution is 9.10. The molecule has 14 heavy (non-hydrogen) atoms. The Bertz CT molecular complexity index is 444. The molecule has 0 aliphatic rings. The molecule has 0 amide bonds. The number of hydrogen-bond donors (Lipinski definition) is 0. The standard InChI is InChI=1S/C9H7BrN2OS/c1-13-8-4-2-3-6(11-8)9-12-7(10)5-14-9/h2-5H,1H3. The maximum absolute atomic E-state index is 5.04. The third-order valence-corrected chi connectivity index (χ3v) is 3.20. The molecule has 2 aromatic rings. The van der Waals surface area contributed by atoms with E-state index < -0.39 is 0 Å². The van der Waals surface area contributed by atoms with Crippen LogP contribution in [0.4, 0.5) is 0 Å². The van der Waals surface area contributed by atoms with E-state index in [4.69, 9.17) is 4.74 Å². The Labute approximate surface area is 93.9 Å². The third-order valence-electron chi connectivity index (χ3n) is 1.63. The van der Waals surface area contributed by atoms with Crippen LogP contribution in [0.5, 0.6) is 5.88 Å². The Morgan fingerprint density at radius 1 is 1.36 bits per heavy atom. The van der Waals surface area contributed by atoms with Gasteiger partial charge in [-0.3, -0.25) is 0 Å². The molecular weight excluding hydrogens is 264 g/mol. The topological polar surface area (TPSA) is 35.0 Å². The molecule has 2 heterocycles. The molecule has 72 valence electrons. The van der Waals surface area contributed by atoms with Crippen LogP contribution in [0.3, 0.4) is 0 Å². The lowest BCUT2D eigenvalue weighted by Crippen LogP contribution is -1.88. The van der Waals surface area contributed by atoms with Gasteiger partial charge in [-0.15, -0.1) is 11.3 Å². The van der Waals surface area contributed by atoms with Gasteiger partial charge < -0.3 is 4.74 Å². The molecule has 0 unspecified atom stereocenters. The lowest BCUT2D eigenvalue weighted by atomic mass is 10.3. The molecule has 0 aromatic carbocycles.